The first kappa shape index (κ1) is 22.4. The van der Waals surface area contributed by atoms with Gasteiger partial charge in [0.25, 0.3) is 0 Å². The van der Waals surface area contributed by atoms with E-state index in [0.717, 1.165) is 6.42 Å². The minimum atomic E-state index is -0.656. The number of anilines is 2. The molecule has 6 aliphatic rings. The summed E-state index contributed by atoms with van der Waals surface area (Å²) in [5.41, 5.74) is 1.71. The van der Waals surface area contributed by atoms with E-state index >= 15 is 0 Å². The van der Waals surface area contributed by atoms with Crippen molar-refractivity contribution in [2.24, 2.45) is 41.4 Å². The Kier molecular flexibility index (Phi) is 4.75. The van der Waals surface area contributed by atoms with Gasteiger partial charge >= 0.3 is 5.97 Å². The number of allylic oxidation sites excluding steroid dienone is 2. The second kappa shape index (κ2) is 7.84. The van der Waals surface area contributed by atoms with Crippen molar-refractivity contribution >= 4 is 35.1 Å². The van der Waals surface area contributed by atoms with Gasteiger partial charge in [0.05, 0.1) is 23.4 Å². The van der Waals surface area contributed by atoms with Gasteiger partial charge in [-0.1, -0.05) is 12.2 Å². The maximum absolute atomic E-state index is 13.4. The third-order valence-corrected chi connectivity index (χ3v) is 8.89. The molecule has 2 aliphatic heterocycles. The van der Waals surface area contributed by atoms with Crippen molar-refractivity contribution < 1.29 is 28.3 Å². The molecule has 188 valence electrons. The van der Waals surface area contributed by atoms with Crippen LogP contribution in [0.15, 0.2) is 54.6 Å². The molecule has 7 atom stereocenters. The molecule has 2 saturated heterocycles. The first-order valence-electron chi connectivity index (χ1n) is 12.8. The van der Waals surface area contributed by atoms with E-state index < -0.39 is 17.7 Å². The Balaban J connectivity index is 1.06. The first-order chi connectivity index (χ1) is 17.8. The van der Waals surface area contributed by atoms with Gasteiger partial charge in [-0.05, 0) is 85.0 Å². The molecule has 2 saturated carbocycles. The summed E-state index contributed by atoms with van der Waals surface area (Å²) in [5.74, 6) is -0.932. The predicted molar refractivity (Wildman–Crippen MR) is 131 cm³/mol. The fourth-order valence-electron chi connectivity index (χ4n) is 7.07. The molecule has 0 unspecified atom stereocenters. The molecule has 3 amide bonds. The van der Waals surface area contributed by atoms with E-state index in [1.807, 2.05) is 0 Å². The van der Waals surface area contributed by atoms with Gasteiger partial charge in [0, 0.05) is 18.7 Å². The summed E-state index contributed by atoms with van der Waals surface area (Å²) in [6, 6.07) is 10.4. The lowest BCUT2D eigenvalue weighted by molar-refractivity contribution is -0.139. The predicted octanol–water partition coefficient (Wildman–Crippen LogP) is 3.65. The fourth-order valence-corrected chi connectivity index (χ4v) is 7.07. The average Bonchev–Trinajstić information content (AvgIpc) is 3.56. The summed E-state index contributed by atoms with van der Waals surface area (Å²) < 4.78 is 18.8. The van der Waals surface area contributed by atoms with Crippen LogP contribution in [-0.4, -0.2) is 30.2 Å². The maximum Gasteiger partial charge on any atom is 0.316 e. The lowest BCUT2D eigenvalue weighted by Crippen LogP contribution is -2.40. The van der Waals surface area contributed by atoms with Crippen LogP contribution in [0.2, 0.25) is 0 Å². The molecule has 2 bridgehead atoms. The summed E-state index contributed by atoms with van der Waals surface area (Å²) in [6.07, 6.45) is 5.42. The monoisotopic (exact) mass is 500 g/mol. The highest BCUT2D eigenvalue weighted by molar-refractivity contribution is 6.23. The minimum Gasteiger partial charge on any atom is -0.426 e. The Morgan fingerprint density at radius 2 is 1.59 bits per heavy atom. The molecule has 8 heteroatoms. The SMILES string of the molecule is Cc1cc(OC(=O)[C@@H]2CC(=O)N(c3ccc(F)cc3)C2)ccc1N1C(=O)[C@@H]2[C@H]3C=C[C@@H]([C@@H]4C[C@@H]34)[C@@H]2C1=O. The topological polar surface area (TPSA) is 84.0 Å². The molecule has 2 heterocycles. The van der Waals surface area contributed by atoms with Gasteiger partial charge < -0.3 is 9.64 Å². The van der Waals surface area contributed by atoms with Crippen LogP contribution in [0, 0.1) is 54.2 Å². The van der Waals surface area contributed by atoms with Crippen molar-refractivity contribution in [1.82, 2.24) is 0 Å². The van der Waals surface area contributed by atoms with Crippen LogP contribution in [0.4, 0.5) is 15.8 Å². The Hall–Kier alpha value is -3.81. The molecular weight excluding hydrogens is 475 g/mol. The number of amides is 3. The zero-order valence-electron chi connectivity index (χ0n) is 20.2. The van der Waals surface area contributed by atoms with E-state index in [4.69, 9.17) is 4.74 Å². The highest BCUT2D eigenvalue weighted by atomic mass is 19.1. The molecule has 8 rings (SSSR count). The van der Waals surface area contributed by atoms with E-state index in [2.05, 4.69) is 12.2 Å². The number of ether oxygens (including phenoxy) is 1. The number of carbonyl (C=O) groups excluding carboxylic acids is 4. The number of hydrogen-bond acceptors (Lipinski definition) is 5. The molecule has 37 heavy (non-hydrogen) atoms. The zero-order valence-corrected chi connectivity index (χ0v) is 20.2. The minimum absolute atomic E-state index is 0.00515. The number of halogens is 1. The Bertz CT molecular complexity index is 1370. The Labute approximate surface area is 212 Å². The smallest absolute Gasteiger partial charge is 0.316 e. The van der Waals surface area contributed by atoms with Gasteiger partial charge in [-0.25, -0.2) is 9.29 Å². The Morgan fingerprint density at radius 3 is 2.22 bits per heavy atom. The van der Waals surface area contributed by atoms with Crippen molar-refractivity contribution in [2.45, 2.75) is 19.8 Å². The molecule has 2 aromatic rings. The molecule has 4 aliphatic carbocycles. The molecule has 7 nitrogen and oxygen atoms in total. The number of aryl methyl sites for hydroxylation is 1. The van der Waals surface area contributed by atoms with E-state index in [1.54, 1.807) is 25.1 Å². The van der Waals surface area contributed by atoms with Crippen molar-refractivity contribution in [2.75, 3.05) is 16.3 Å². The van der Waals surface area contributed by atoms with Gasteiger partial charge in [-0.15, -0.1) is 0 Å². The summed E-state index contributed by atoms with van der Waals surface area (Å²) >= 11 is 0. The summed E-state index contributed by atoms with van der Waals surface area (Å²) in [5, 5.41) is 0. The van der Waals surface area contributed by atoms with Gasteiger partial charge in [-0.3, -0.25) is 19.2 Å². The quantitative estimate of drug-likeness (QED) is 0.277. The van der Waals surface area contributed by atoms with Crippen LogP contribution in [0.25, 0.3) is 0 Å². The summed E-state index contributed by atoms with van der Waals surface area (Å²) in [7, 11) is 0. The van der Waals surface area contributed by atoms with Crippen LogP contribution in [0.5, 0.6) is 5.75 Å². The van der Waals surface area contributed by atoms with Gasteiger partial charge in [-0.2, -0.15) is 0 Å². The molecule has 4 fully saturated rings. The van der Waals surface area contributed by atoms with E-state index in [1.165, 1.54) is 34.1 Å². The third kappa shape index (κ3) is 3.31. The fraction of sp³-hybridized carbons (Fsp3) is 0.379. The number of carbonyl (C=O) groups is 4. The van der Waals surface area contributed by atoms with Crippen LogP contribution in [0.1, 0.15) is 18.4 Å². The van der Waals surface area contributed by atoms with Gasteiger partial charge in [0.15, 0.2) is 0 Å². The second-order valence-electron chi connectivity index (χ2n) is 10.9. The highest BCUT2D eigenvalue weighted by Gasteiger charge is 2.67. The molecule has 2 aromatic carbocycles. The third-order valence-electron chi connectivity index (χ3n) is 8.89. The van der Waals surface area contributed by atoms with Crippen molar-refractivity contribution in [3.63, 3.8) is 0 Å². The molecule has 0 aromatic heterocycles. The first-order valence-corrected chi connectivity index (χ1v) is 12.8. The van der Waals surface area contributed by atoms with Crippen LogP contribution in [-0.2, 0) is 19.2 Å². The molecular formula is C29H25FN2O5. The summed E-state index contributed by atoms with van der Waals surface area (Å²) in [6.45, 7) is 1.94. The van der Waals surface area contributed by atoms with E-state index in [0.29, 0.717) is 34.5 Å². The Morgan fingerprint density at radius 1 is 0.946 bits per heavy atom. The molecule has 0 spiro atoms. The summed E-state index contributed by atoms with van der Waals surface area (Å²) in [4.78, 5) is 54.9. The van der Waals surface area contributed by atoms with Gasteiger partial charge in [0.2, 0.25) is 17.7 Å². The number of esters is 1. The largest absolute Gasteiger partial charge is 0.426 e. The second-order valence-corrected chi connectivity index (χ2v) is 10.9. The standard InChI is InChI=1S/C29H25FN2O5/c1-14-10-18(37-29(36)15-11-24(33)31(13-15)17-4-2-16(30)3-5-17)6-9-23(14)32-27(34)25-19-7-8-20(22-12-21(19)22)26(25)28(32)35/h2-10,15,19-22,25-26H,11-13H2,1H3/t15-,19+,20+,21+,22+,25-,26+/m1/s1. The number of benzene rings is 2. The maximum atomic E-state index is 13.4. The van der Waals surface area contributed by atoms with E-state index in [9.17, 15) is 23.6 Å². The lowest BCUT2D eigenvalue weighted by atomic mass is 9.63. The molecule has 0 N–H and O–H groups in total. The zero-order chi connectivity index (χ0) is 25.6. The van der Waals surface area contributed by atoms with Gasteiger partial charge in [0.1, 0.15) is 11.6 Å². The number of rotatable bonds is 4. The van der Waals surface area contributed by atoms with Crippen LogP contribution in [0.3, 0.4) is 0 Å². The number of hydrogen-bond donors (Lipinski definition) is 0. The van der Waals surface area contributed by atoms with Crippen molar-refractivity contribution in [3.05, 3.63) is 66.0 Å². The highest BCUT2D eigenvalue weighted by Crippen LogP contribution is 2.65. The van der Waals surface area contributed by atoms with Crippen molar-refractivity contribution in [3.8, 4) is 5.75 Å². The van der Waals surface area contributed by atoms with Crippen molar-refractivity contribution in [1.29, 1.82) is 0 Å². The van der Waals surface area contributed by atoms with Crippen LogP contribution >= 0.6 is 0 Å². The normalized spacial score (nSPS) is 33.1. The lowest BCUT2D eigenvalue weighted by Gasteiger charge is -2.37. The number of imide groups is 1. The number of nitrogens with zero attached hydrogens (tertiary/aromatic N) is 2. The van der Waals surface area contributed by atoms with Crippen LogP contribution < -0.4 is 14.5 Å². The average molecular weight is 501 g/mol. The van der Waals surface area contributed by atoms with E-state index in [-0.39, 0.29) is 54.4 Å². The molecule has 0 radical (unpaired) electrons.